The molecule has 1 heterocycles. The molecule has 0 amide bonds. The number of nitrogens with zero attached hydrogens (tertiary/aromatic N) is 1. The Kier molecular flexibility index (Phi) is 3.66. The lowest BCUT2D eigenvalue weighted by Crippen LogP contribution is -1.89. The van der Waals surface area contributed by atoms with E-state index in [0.717, 1.165) is 20.8 Å². The van der Waals surface area contributed by atoms with Crippen molar-refractivity contribution in [2.24, 2.45) is 0 Å². The van der Waals surface area contributed by atoms with Crippen molar-refractivity contribution in [3.8, 4) is 11.5 Å². The van der Waals surface area contributed by atoms with Gasteiger partial charge in [0.25, 0.3) is 6.47 Å². The molecule has 1 N–H and O–H groups in total. The Hall–Kier alpha value is -2.66. The molecule has 5 heteroatoms. The van der Waals surface area contributed by atoms with Gasteiger partial charge in [-0.2, -0.15) is 0 Å². The molecule has 0 bridgehead atoms. The molecule has 3 rings (SSSR count). The highest BCUT2D eigenvalue weighted by Gasteiger charge is 2.03. The van der Waals surface area contributed by atoms with E-state index in [0.29, 0.717) is 0 Å². The first-order valence-electron chi connectivity index (χ1n) is 6.23. The molecular formula is C16H11NO3S. The summed E-state index contributed by atoms with van der Waals surface area (Å²) in [7, 11) is 0. The number of hydrogen-bond acceptors (Lipinski definition) is 5. The van der Waals surface area contributed by atoms with Crippen LogP contribution in [0, 0.1) is 0 Å². The Balaban J connectivity index is 1.88. The molecule has 0 aliphatic carbocycles. The van der Waals surface area contributed by atoms with Crippen LogP contribution in [0.3, 0.4) is 0 Å². The van der Waals surface area contributed by atoms with Gasteiger partial charge >= 0.3 is 0 Å². The number of aromatic hydroxyl groups is 1. The second kappa shape index (κ2) is 5.76. The second-order valence-electron chi connectivity index (χ2n) is 4.29. The lowest BCUT2D eigenvalue weighted by molar-refractivity contribution is -0.120. The lowest BCUT2D eigenvalue weighted by atomic mass is 10.2. The molecule has 0 saturated heterocycles. The van der Waals surface area contributed by atoms with Crippen molar-refractivity contribution in [1.82, 2.24) is 4.98 Å². The van der Waals surface area contributed by atoms with Crippen LogP contribution in [0.4, 0.5) is 0 Å². The molecule has 4 nitrogen and oxygen atoms in total. The van der Waals surface area contributed by atoms with Crippen LogP contribution in [-0.2, 0) is 4.79 Å². The summed E-state index contributed by atoms with van der Waals surface area (Å²) >= 11 is 1.60. The van der Waals surface area contributed by atoms with Crippen LogP contribution >= 0.6 is 11.3 Å². The van der Waals surface area contributed by atoms with Crippen molar-refractivity contribution < 1.29 is 14.6 Å². The van der Waals surface area contributed by atoms with Crippen molar-refractivity contribution in [1.29, 1.82) is 0 Å². The van der Waals surface area contributed by atoms with E-state index >= 15 is 0 Å². The molecule has 0 atom stereocenters. The first-order valence-corrected chi connectivity index (χ1v) is 7.05. The molecule has 0 fully saturated rings. The van der Waals surface area contributed by atoms with Gasteiger partial charge in [0, 0.05) is 0 Å². The van der Waals surface area contributed by atoms with Crippen molar-refractivity contribution in [3.05, 3.63) is 53.0 Å². The fourth-order valence-electron chi connectivity index (χ4n) is 1.91. The number of carbonyl (C=O) groups is 1. The van der Waals surface area contributed by atoms with Crippen LogP contribution in [0.1, 0.15) is 10.6 Å². The fourth-order valence-corrected chi connectivity index (χ4v) is 2.78. The Morgan fingerprint density at radius 2 is 2.00 bits per heavy atom. The maximum atomic E-state index is 10.4. The highest BCUT2D eigenvalue weighted by atomic mass is 32.1. The zero-order valence-electron chi connectivity index (χ0n) is 10.9. The van der Waals surface area contributed by atoms with E-state index in [-0.39, 0.29) is 18.0 Å². The maximum absolute atomic E-state index is 10.4. The predicted molar refractivity (Wildman–Crippen MR) is 83.3 cm³/mol. The maximum Gasteiger partial charge on any atom is 0.298 e. The molecule has 0 unspecified atom stereocenters. The van der Waals surface area contributed by atoms with E-state index in [1.54, 1.807) is 23.5 Å². The van der Waals surface area contributed by atoms with E-state index in [1.807, 2.05) is 36.4 Å². The number of carbonyl (C=O) groups excluding carboxylic acids is 1. The molecular weight excluding hydrogens is 286 g/mol. The predicted octanol–water partition coefficient (Wildman–Crippen LogP) is 3.71. The third kappa shape index (κ3) is 2.93. The van der Waals surface area contributed by atoms with Gasteiger partial charge in [0.15, 0.2) is 11.5 Å². The second-order valence-corrected chi connectivity index (χ2v) is 5.36. The minimum absolute atomic E-state index is 0.0702. The molecule has 0 aliphatic rings. The van der Waals surface area contributed by atoms with Crippen LogP contribution in [0.25, 0.3) is 22.4 Å². The summed E-state index contributed by atoms with van der Waals surface area (Å²) < 4.78 is 5.83. The van der Waals surface area contributed by atoms with E-state index in [1.165, 1.54) is 6.07 Å². The van der Waals surface area contributed by atoms with E-state index < -0.39 is 0 Å². The summed E-state index contributed by atoms with van der Waals surface area (Å²) in [4.78, 5) is 14.9. The number of aromatic nitrogens is 1. The first-order chi connectivity index (χ1) is 10.3. The third-order valence-electron chi connectivity index (χ3n) is 2.89. The van der Waals surface area contributed by atoms with Crippen LogP contribution < -0.4 is 4.74 Å². The molecule has 0 saturated carbocycles. The summed E-state index contributed by atoms with van der Waals surface area (Å²) in [5, 5.41) is 10.4. The zero-order chi connectivity index (χ0) is 14.7. The van der Waals surface area contributed by atoms with Gasteiger partial charge < -0.3 is 9.84 Å². The summed E-state index contributed by atoms with van der Waals surface area (Å²) in [6, 6.07) is 12.7. The molecule has 0 radical (unpaired) electrons. The van der Waals surface area contributed by atoms with Crippen LogP contribution in [0.2, 0.25) is 0 Å². The minimum Gasteiger partial charge on any atom is -0.504 e. The average Bonchev–Trinajstić information content (AvgIpc) is 2.91. The number of benzene rings is 2. The third-order valence-corrected chi connectivity index (χ3v) is 3.89. The number of ether oxygens (including phenoxy) is 1. The van der Waals surface area contributed by atoms with Gasteiger partial charge in [-0.15, -0.1) is 11.3 Å². The van der Waals surface area contributed by atoms with Crippen LogP contribution in [0.15, 0.2) is 42.5 Å². The molecule has 104 valence electrons. The van der Waals surface area contributed by atoms with E-state index in [9.17, 15) is 9.90 Å². The summed E-state index contributed by atoms with van der Waals surface area (Å²) in [6.07, 6.45) is 3.75. The topological polar surface area (TPSA) is 59.4 Å². The summed E-state index contributed by atoms with van der Waals surface area (Å²) in [5.74, 6) is 0.0655. The van der Waals surface area contributed by atoms with Gasteiger partial charge in [0.1, 0.15) is 5.01 Å². The SMILES string of the molecule is O=COc1cc(C=Cc2nc3ccccc3s2)ccc1O. The van der Waals surface area contributed by atoms with Gasteiger partial charge in [0.2, 0.25) is 0 Å². The average molecular weight is 297 g/mol. The fraction of sp³-hybridized carbons (Fsp3) is 0. The number of fused-ring (bicyclic) bond motifs is 1. The van der Waals surface area contributed by atoms with Gasteiger partial charge in [-0.05, 0) is 35.9 Å². The zero-order valence-corrected chi connectivity index (χ0v) is 11.7. The Labute approximate surface area is 125 Å². The quantitative estimate of drug-likeness (QED) is 0.746. The van der Waals surface area contributed by atoms with E-state index in [4.69, 9.17) is 4.74 Å². The monoisotopic (exact) mass is 297 g/mol. The summed E-state index contributed by atoms with van der Waals surface area (Å²) in [6.45, 7) is 0.288. The molecule has 1 aromatic heterocycles. The largest absolute Gasteiger partial charge is 0.504 e. The van der Waals surface area contributed by atoms with Crippen molar-refractivity contribution in [2.75, 3.05) is 0 Å². The molecule has 3 aromatic rings. The Morgan fingerprint density at radius 1 is 1.14 bits per heavy atom. The van der Waals surface area contributed by atoms with Gasteiger partial charge in [-0.3, -0.25) is 4.79 Å². The Morgan fingerprint density at radius 3 is 2.81 bits per heavy atom. The number of hydrogen-bond donors (Lipinski definition) is 1. The number of para-hydroxylation sites is 1. The standard InChI is InChI=1S/C16H11NO3S/c18-10-20-14-9-11(5-7-13(14)19)6-8-16-17-12-3-1-2-4-15(12)21-16/h1-10,19H. The first kappa shape index (κ1) is 13.3. The number of phenols is 1. The van der Waals surface area contributed by atoms with Gasteiger partial charge in [-0.1, -0.05) is 24.3 Å². The minimum atomic E-state index is -0.0702. The van der Waals surface area contributed by atoms with Crippen molar-refractivity contribution in [2.45, 2.75) is 0 Å². The van der Waals surface area contributed by atoms with Crippen LogP contribution in [0.5, 0.6) is 11.5 Å². The summed E-state index contributed by atoms with van der Waals surface area (Å²) in [5.41, 5.74) is 1.78. The number of rotatable bonds is 4. The molecule has 0 aliphatic heterocycles. The number of phenolic OH excluding ortho intramolecular Hbond substituents is 1. The normalized spacial score (nSPS) is 11.0. The molecule has 0 spiro atoms. The van der Waals surface area contributed by atoms with Crippen LogP contribution in [-0.4, -0.2) is 16.6 Å². The molecule has 21 heavy (non-hydrogen) atoms. The molecule has 2 aromatic carbocycles. The lowest BCUT2D eigenvalue weighted by Gasteiger charge is -2.02. The van der Waals surface area contributed by atoms with E-state index in [2.05, 4.69) is 4.98 Å². The number of thiazole rings is 1. The van der Waals surface area contributed by atoms with Gasteiger partial charge in [0.05, 0.1) is 10.2 Å². The Bertz CT molecular complexity index is 790. The highest BCUT2D eigenvalue weighted by Crippen LogP contribution is 2.28. The van der Waals surface area contributed by atoms with Crippen molar-refractivity contribution in [3.63, 3.8) is 0 Å². The highest BCUT2D eigenvalue weighted by molar-refractivity contribution is 7.19. The van der Waals surface area contributed by atoms with Crippen molar-refractivity contribution >= 4 is 40.2 Å². The smallest absolute Gasteiger partial charge is 0.298 e. The van der Waals surface area contributed by atoms with Gasteiger partial charge in [-0.25, -0.2) is 4.98 Å².